The van der Waals surface area contributed by atoms with Crippen LogP contribution in [0.25, 0.3) is 33.1 Å². The molecule has 0 bridgehead atoms. The monoisotopic (exact) mass is 525 g/mol. The number of para-hydroxylation sites is 1. The van der Waals surface area contributed by atoms with E-state index >= 15 is 0 Å². The van der Waals surface area contributed by atoms with Gasteiger partial charge in [0.2, 0.25) is 0 Å². The number of nitrogens with one attached hydrogen (secondary N) is 2. The normalized spacial score (nSPS) is 13.6. The third-order valence-corrected chi connectivity index (χ3v) is 7.41. The Morgan fingerprint density at radius 1 is 0.775 bits per heavy atom. The van der Waals surface area contributed by atoms with Gasteiger partial charge in [-0.1, -0.05) is 36.4 Å². The zero-order valence-electron chi connectivity index (χ0n) is 21.8. The van der Waals surface area contributed by atoms with Crippen LogP contribution in [-0.4, -0.2) is 52.0 Å². The van der Waals surface area contributed by atoms with Gasteiger partial charge in [0.05, 0.1) is 17.2 Å². The number of anilines is 3. The number of amides is 1. The van der Waals surface area contributed by atoms with Crippen LogP contribution in [0.5, 0.6) is 0 Å². The van der Waals surface area contributed by atoms with Crippen molar-refractivity contribution >= 4 is 45.0 Å². The molecule has 6 aromatic rings. The molecular weight excluding hydrogens is 498 g/mol. The van der Waals surface area contributed by atoms with Gasteiger partial charge in [0.15, 0.2) is 0 Å². The van der Waals surface area contributed by atoms with E-state index in [1.54, 1.807) is 0 Å². The molecule has 8 heteroatoms. The number of hydrogen-bond acceptors (Lipinski definition) is 6. The Labute approximate surface area is 231 Å². The van der Waals surface area contributed by atoms with Crippen molar-refractivity contribution in [3.8, 4) is 11.1 Å². The minimum absolute atomic E-state index is 0.168. The smallest absolute Gasteiger partial charge is 0.272 e. The van der Waals surface area contributed by atoms with Gasteiger partial charge in [-0.15, -0.1) is 0 Å². The number of benzene rings is 3. The Bertz CT molecular complexity index is 1770. The quantitative estimate of drug-likeness (QED) is 0.298. The summed E-state index contributed by atoms with van der Waals surface area (Å²) in [6, 6.07) is 27.8. The van der Waals surface area contributed by atoms with E-state index in [4.69, 9.17) is 4.98 Å². The number of fused-ring (bicyclic) bond motifs is 2. The van der Waals surface area contributed by atoms with E-state index in [1.165, 1.54) is 5.69 Å². The summed E-state index contributed by atoms with van der Waals surface area (Å²) in [5, 5.41) is 3.99. The molecule has 1 aliphatic heterocycles. The van der Waals surface area contributed by atoms with E-state index in [0.29, 0.717) is 5.69 Å². The molecule has 3 aromatic heterocycles. The second-order valence-electron chi connectivity index (χ2n) is 9.91. The lowest BCUT2D eigenvalue weighted by molar-refractivity contribution is 0.102. The molecule has 40 heavy (non-hydrogen) atoms. The highest BCUT2D eigenvalue weighted by molar-refractivity contribution is 6.06. The predicted molar refractivity (Wildman–Crippen MR) is 160 cm³/mol. The highest BCUT2D eigenvalue weighted by atomic mass is 16.1. The van der Waals surface area contributed by atoms with Crippen LogP contribution in [0.2, 0.25) is 0 Å². The van der Waals surface area contributed by atoms with Gasteiger partial charge in [-0.3, -0.25) is 14.8 Å². The van der Waals surface area contributed by atoms with Crippen molar-refractivity contribution < 1.29 is 4.79 Å². The zero-order valence-corrected chi connectivity index (χ0v) is 21.8. The topological polar surface area (TPSA) is 90.0 Å². The number of H-pyrrole nitrogens is 1. The Balaban J connectivity index is 1.05. The van der Waals surface area contributed by atoms with Crippen molar-refractivity contribution in [2.24, 2.45) is 0 Å². The summed E-state index contributed by atoms with van der Waals surface area (Å²) >= 11 is 0. The maximum absolute atomic E-state index is 12.8. The molecule has 2 N–H and O–H groups in total. The maximum Gasteiger partial charge on any atom is 0.272 e. The third kappa shape index (κ3) is 4.71. The largest absolute Gasteiger partial charge is 0.368 e. The molecular formula is C32H27N7O. The van der Waals surface area contributed by atoms with E-state index in [-0.39, 0.29) is 5.91 Å². The van der Waals surface area contributed by atoms with Crippen LogP contribution in [0.4, 0.5) is 17.2 Å². The molecule has 0 saturated carbocycles. The second-order valence-corrected chi connectivity index (χ2v) is 9.91. The van der Waals surface area contributed by atoms with Gasteiger partial charge < -0.3 is 20.1 Å². The van der Waals surface area contributed by atoms with E-state index in [1.807, 2.05) is 79.3 Å². The van der Waals surface area contributed by atoms with Crippen LogP contribution in [0.1, 0.15) is 10.5 Å². The van der Waals surface area contributed by atoms with Gasteiger partial charge in [0, 0.05) is 60.9 Å². The lowest BCUT2D eigenvalue weighted by Gasteiger charge is -2.36. The molecule has 0 aliphatic carbocycles. The number of carbonyl (C=O) groups is 1. The first-order valence-electron chi connectivity index (χ1n) is 13.4. The fourth-order valence-corrected chi connectivity index (χ4v) is 5.22. The number of rotatable bonds is 5. The fourth-order valence-electron chi connectivity index (χ4n) is 5.22. The first-order chi connectivity index (χ1) is 19.7. The van der Waals surface area contributed by atoms with Crippen LogP contribution in [0.3, 0.4) is 0 Å². The van der Waals surface area contributed by atoms with Crippen molar-refractivity contribution in [2.75, 3.05) is 41.3 Å². The van der Waals surface area contributed by atoms with Crippen LogP contribution >= 0.6 is 0 Å². The molecule has 7 rings (SSSR count). The number of pyridine rings is 1. The van der Waals surface area contributed by atoms with E-state index in [9.17, 15) is 4.79 Å². The Kier molecular flexibility index (Phi) is 6.05. The molecule has 196 valence electrons. The highest BCUT2D eigenvalue weighted by Crippen LogP contribution is 2.26. The summed E-state index contributed by atoms with van der Waals surface area (Å²) in [5.41, 5.74) is 7.24. The average molecular weight is 526 g/mol. The van der Waals surface area contributed by atoms with Crippen LogP contribution in [-0.2, 0) is 0 Å². The molecule has 0 unspecified atom stereocenters. The van der Waals surface area contributed by atoms with Gasteiger partial charge in [0.25, 0.3) is 5.91 Å². The predicted octanol–water partition coefficient (Wildman–Crippen LogP) is 5.75. The first-order valence-corrected chi connectivity index (χ1v) is 13.4. The first kappa shape index (κ1) is 23.8. The van der Waals surface area contributed by atoms with Crippen LogP contribution in [0, 0.1) is 0 Å². The highest BCUT2D eigenvalue weighted by Gasteiger charge is 2.19. The summed E-state index contributed by atoms with van der Waals surface area (Å²) in [5.74, 6) is 0.730. The summed E-state index contributed by atoms with van der Waals surface area (Å²) in [6.45, 7) is 3.61. The minimum Gasteiger partial charge on any atom is -0.368 e. The van der Waals surface area contributed by atoms with Crippen LogP contribution < -0.4 is 15.1 Å². The lowest BCUT2D eigenvalue weighted by atomic mass is 10.0. The van der Waals surface area contributed by atoms with Gasteiger partial charge in [-0.05, 0) is 59.7 Å². The molecule has 1 fully saturated rings. The van der Waals surface area contributed by atoms with Gasteiger partial charge in [0.1, 0.15) is 11.5 Å². The Morgan fingerprint density at radius 2 is 1.52 bits per heavy atom. The lowest BCUT2D eigenvalue weighted by Crippen LogP contribution is -2.46. The van der Waals surface area contributed by atoms with E-state index < -0.39 is 0 Å². The number of piperazine rings is 1. The number of carbonyl (C=O) groups excluding carboxylic acids is 1. The number of aromatic nitrogens is 4. The summed E-state index contributed by atoms with van der Waals surface area (Å²) in [7, 11) is 0. The van der Waals surface area contributed by atoms with E-state index in [0.717, 1.165) is 70.7 Å². The number of hydrogen-bond donors (Lipinski definition) is 2. The third-order valence-electron chi connectivity index (χ3n) is 7.41. The molecule has 3 aromatic carbocycles. The average Bonchev–Trinajstić information content (AvgIpc) is 3.46. The molecule has 0 atom stereocenters. The standard InChI is InChI=1S/C32H27N7O/c40-32(30-20-24-3-1-2-4-27(24)36-30)35-25-8-5-22(6-9-25)23-7-10-28-29(19-23)37-31(21-34-28)39-17-15-38(16-18-39)26-11-13-33-14-12-26/h1-14,19-21,36H,15-18H2,(H,35,40). The molecule has 4 heterocycles. The van der Waals surface area contributed by atoms with Crippen molar-refractivity contribution in [3.05, 3.63) is 109 Å². The summed E-state index contributed by atoms with van der Waals surface area (Å²) in [4.78, 5) is 34.4. The number of nitrogens with zero attached hydrogens (tertiary/aromatic N) is 5. The van der Waals surface area contributed by atoms with E-state index in [2.05, 4.69) is 54.3 Å². The molecule has 1 aliphatic rings. The second kappa shape index (κ2) is 10.1. The Morgan fingerprint density at radius 3 is 2.33 bits per heavy atom. The summed E-state index contributed by atoms with van der Waals surface area (Å²) < 4.78 is 0. The molecule has 1 amide bonds. The van der Waals surface area contributed by atoms with Crippen LogP contribution in [0.15, 0.2) is 104 Å². The summed E-state index contributed by atoms with van der Waals surface area (Å²) in [6.07, 6.45) is 5.54. The van der Waals surface area contributed by atoms with Crippen molar-refractivity contribution in [2.45, 2.75) is 0 Å². The fraction of sp³-hybridized carbons (Fsp3) is 0.125. The zero-order chi connectivity index (χ0) is 26.9. The molecule has 1 saturated heterocycles. The van der Waals surface area contributed by atoms with Crippen molar-refractivity contribution in [1.82, 2.24) is 19.9 Å². The van der Waals surface area contributed by atoms with Crippen molar-refractivity contribution in [3.63, 3.8) is 0 Å². The molecule has 0 radical (unpaired) electrons. The van der Waals surface area contributed by atoms with Gasteiger partial charge in [-0.2, -0.15) is 0 Å². The maximum atomic E-state index is 12.8. The molecule has 8 nitrogen and oxygen atoms in total. The Hall–Kier alpha value is -5.24. The van der Waals surface area contributed by atoms with Crippen molar-refractivity contribution in [1.29, 1.82) is 0 Å². The SMILES string of the molecule is O=C(Nc1ccc(-c2ccc3ncc(N4CCN(c5ccncc5)CC4)nc3c2)cc1)c1cc2ccccc2[nH]1. The van der Waals surface area contributed by atoms with Gasteiger partial charge in [-0.25, -0.2) is 4.98 Å². The van der Waals surface area contributed by atoms with Gasteiger partial charge >= 0.3 is 0 Å². The number of aromatic amines is 1. The molecule has 0 spiro atoms. The minimum atomic E-state index is -0.168.